The van der Waals surface area contributed by atoms with Gasteiger partial charge in [-0.25, -0.2) is 0 Å². The average Bonchev–Trinajstić information content (AvgIpc) is 2.00. The molecule has 0 aliphatic heterocycles. The molecule has 0 N–H and O–H groups in total. The van der Waals surface area contributed by atoms with Crippen molar-refractivity contribution in [1.82, 2.24) is 0 Å². The van der Waals surface area contributed by atoms with E-state index in [2.05, 4.69) is 0 Å². The molecule has 0 rings (SSSR count). The molecule has 12 heavy (non-hydrogen) atoms. The molecule has 0 heterocycles. The van der Waals surface area contributed by atoms with Gasteiger partial charge in [0.15, 0.2) is 0 Å². The zero-order chi connectivity index (χ0) is 9.56. The summed E-state index contributed by atoms with van der Waals surface area (Å²) in [5, 5.41) is 0. The smallest absolute Gasteiger partial charge is 0.308 e. The van der Waals surface area contributed by atoms with Crippen LogP contribution in [0.2, 0.25) is 0 Å². The Kier molecular flexibility index (Phi) is 5.34. The lowest BCUT2D eigenvalue weighted by molar-refractivity contribution is -0.147. The molecule has 0 fully saturated rings. The largest absolute Gasteiger partial charge is 0.466 e. The van der Waals surface area contributed by atoms with E-state index in [4.69, 9.17) is 4.74 Å². The third-order valence-electron chi connectivity index (χ3n) is 1.62. The van der Waals surface area contributed by atoms with Crippen LogP contribution in [0.25, 0.3) is 0 Å². The van der Waals surface area contributed by atoms with Gasteiger partial charge in [-0.1, -0.05) is 6.92 Å². The number of hydrogen-bond acceptors (Lipinski definition) is 3. The lowest BCUT2D eigenvalue weighted by Gasteiger charge is -2.08. The van der Waals surface area contributed by atoms with Gasteiger partial charge in [-0.05, 0) is 20.3 Å². The molecular formula is C9H16O3. The average molecular weight is 172 g/mol. The van der Waals surface area contributed by atoms with Crippen LogP contribution < -0.4 is 0 Å². The van der Waals surface area contributed by atoms with Crippen LogP contribution in [0.3, 0.4) is 0 Å². The molecule has 0 spiro atoms. The van der Waals surface area contributed by atoms with Crippen LogP contribution in [0, 0.1) is 5.92 Å². The Morgan fingerprint density at radius 3 is 2.42 bits per heavy atom. The van der Waals surface area contributed by atoms with E-state index in [1.54, 1.807) is 13.8 Å². The summed E-state index contributed by atoms with van der Waals surface area (Å²) >= 11 is 0. The maximum Gasteiger partial charge on any atom is 0.308 e. The first-order valence-electron chi connectivity index (χ1n) is 4.24. The first-order chi connectivity index (χ1) is 5.57. The Morgan fingerprint density at radius 2 is 2.00 bits per heavy atom. The molecule has 0 aromatic heterocycles. The summed E-state index contributed by atoms with van der Waals surface area (Å²) < 4.78 is 4.79. The third-order valence-corrected chi connectivity index (χ3v) is 1.62. The van der Waals surface area contributed by atoms with Crippen molar-refractivity contribution >= 4 is 11.8 Å². The van der Waals surface area contributed by atoms with Gasteiger partial charge >= 0.3 is 5.97 Å². The highest BCUT2D eigenvalue weighted by molar-refractivity contribution is 5.77. The molecule has 0 amide bonds. The first kappa shape index (κ1) is 11.1. The van der Waals surface area contributed by atoms with Crippen LogP contribution in [0.15, 0.2) is 0 Å². The summed E-state index contributed by atoms with van der Waals surface area (Å²) in [4.78, 5) is 21.6. The van der Waals surface area contributed by atoms with Crippen molar-refractivity contribution in [3.8, 4) is 0 Å². The maximum atomic E-state index is 11.0. The number of ether oxygens (including phenoxy) is 1. The second-order valence-electron chi connectivity index (χ2n) is 2.89. The zero-order valence-corrected chi connectivity index (χ0v) is 7.92. The molecule has 0 aliphatic rings. The Balaban J connectivity index is 3.63. The van der Waals surface area contributed by atoms with Crippen molar-refractivity contribution in [2.24, 2.45) is 5.92 Å². The highest BCUT2D eigenvalue weighted by Gasteiger charge is 2.13. The maximum absolute atomic E-state index is 11.0. The van der Waals surface area contributed by atoms with E-state index in [0.717, 1.165) is 0 Å². The monoisotopic (exact) mass is 172 g/mol. The predicted octanol–water partition coefficient (Wildman–Crippen LogP) is 1.55. The van der Waals surface area contributed by atoms with E-state index in [-0.39, 0.29) is 17.7 Å². The van der Waals surface area contributed by atoms with Crippen LogP contribution >= 0.6 is 0 Å². The van der Waals surface area contributed by atoms with Crippen molar-refractivity contribution in [3.63, 3.8) is 0 Å². The second kappa shape index (κ2) is 5.75. The quantitative estimate of drug-likeness (QED) is 0.591. The van der Waals surface area contributed by atoms with Gasteiger partial charge < -0.3 is 9.53 Å². The number of ketones is 1. The van der Waals surface area contributed by atoms with Crippen molar-refractivity contribution in [3.05, 3.63) is 0 Å². The molecular weight excluding hydrogens is 156 g/mol. The van der Waals surface area contributed by atoms with E-state index < -0.39 is 0 Å². The topological polar surface area (TPSA) is 43.4 Å². The van der Waals surface area contributed by atoms with Crippen LogP contribution in [0.5, 0.6) is 0 Å². The normalized spacial score (nSPS) is 12.2. The number of rotatable bonds is 5. The number of carbonyl (C=O) groups is 2. The molecule has 0 unspecified atom stereocenters. The van der Waals surface area contributed by atoms with Gasteiger partial charge in [-0.15, -0.1) is 0 Å². The molecule has 3 nitrogen and oxygen atoms in total. The van der Waals surface area contributed by atoms with Crippen molar-refractivity contribution in [2.45, 2.75) is 33.6 Å². The van der Waals surface area contributed by atoms with Gasteiger partial charge in [0.05, 0.1) is 12.5 Å². The lowest BCUT2D eigenvalue weighted by Crippen LogP contribution is -2.15. The second-order valence-corrected chi connectivity index (χ2v) is 2.89. The lowest BCUT2D eigenvalue weighted by atomic mass is 10.0. The van der Waals surface area contributed by atoms with Gasteiger partial charge in [0.2, 0.25) is 0 Å². The molecule has 0 bridgehead atoms. The van der Waals surface area contributed by atoms with Crippen molar-refractivity contribution < 1.29 is 14.3 Å². The fourth-order valence-corrected chi connectivity index (χ4v) is 0.822. The molecule has 3 heteroatoms. The number of Topliss-reactive ketones (excluding diaryl/α,β-unsaturated/α-hetero) is 1. The van der Waals surface area contributed by atoms with Gasteiger partial charge in [-0.2, -0.15) is 0 Å². The highest BCUT2D eigenvalue weighted by Crippen LogP contribution is 2.07. The number of carbonyl (C=O) groups excluding carboxylic acids is 2. The highest BCUT2D eigenvalue weighted by atomic mass is 16.5. The van der Waals surface area contributed by atoms with Crippen LogP contribution in [-0.4, -0.2) is 18.4 Å². The molecule has 0 saturated carbocycles. The first-order valence-corrected chi connectivity index (χ1v) is 4.24. The minimum atomic E-state index is -0.209. The molecule has 0 saturated heterocycles. The van der Waals surface area contributed by atoms with Gasteiger partial charge in [-0.3, -0.25) is 4.79 Å². The third kappa shape index (κ3) is 4.88. The van der Waals surface area contributed by atoms with Crippen LogP contribution in [0.4, 0.5) is 0 Å². The van der Waals surface area contributed by atoms with Crippen LogP contribution in [0.1, 0.15) is 33.6 Å². The summed E-state index contributed by atoms with van der Waals surface area (Å²) in [5.74, 6) is -0.251. The molecule has 0 aliphatic carbocycles. The SMILES string of the molecule is CCOC(=O)[C@@H](C)CCC(C)=O. The van der Waals surface area contributed by atoms with Crippen molar-refractivity contribution in [1.29, 1.82) is 0 Å². The number of esters is 1. The molecule has 0 radical (unpaired) electrons. The summed E-state index contributed by atoms with van der Waals surface area (Å²) in [6, 6.07) is 0. The Morgan fingerprint density at radius 1 is 1.42 bits per heavy atom. The molecule has 0 aromatic carbocycles. The van der Waals surface area contributed by atoms with E-state index in [0.29, 0.717) is 19.4 Å². The van der Waals surface area contributed by atoms with Gasteiger partial charge in [0, 0.05) is 6.42 Å². The van der Waals surface area contributed by atoms with Crippen LogP contribution in [-0.2, 0) is 14.3 Å². The molecule has 1 atom stereocenters. The van der Waals surface area contributed by atoms with Gasteiger partial charge in [0.1, 0.15) is 5.78 Å². The van der Waals surface area contributed by atoms with E-state index in [9.17, 15) is 9.59 Å². The Bertz CT molecular complexity index is 163. The summed E-state index contributed by atoms with van der Waals surface area (Å²) in [6.07, 6.45) is 1.05. The Labute approximate surface area is 73.1 Å². The zero-order valence-electron chi connectivity index (χ0n) is 7.92. The fraction of sp³-hybridized carbons (Fsp3) is 0.778. The fourth-order valence-electron chi connectivity index (χ4n) is 0.822. The van der Waals surface area contributed by atoms with E-state index in [1.807, 2.05) is 0 Å². The van der Waals surface area contributed by atoms with Gasteiger partial charge in [0.25, 0.3) is 0 Å². The molecule has 0 aromatic rings. The standard InChI is InChI=1S/C9H16O3/c1-4-12-9(11)7(2)5-6-8(3)10/h7H,4-6H2,1-3H3/t7-/m0/s1. The molecule has 70 valence electrons. The minimum Gasteiger partial charge on any atom is -0.466 e. The van der Waals surface area contributed by atoms with E-state index >= 15 is 0 Å². The van der Waals surface area contributed by atoms with E-state index in [1.165, 1.54) is 6.92 Å². The number of hydrogen-bond donors (Lipinski definition) is 0. The van der Waals surface area contributed by atoms with Crippen molar-refractivity contribution in [2.75, 3.05) is 6.61 Å². The summed E-state index contributed by atoms with van der Waals surface area (Å²) in [7, 11) is 0. The Hall–Kier alpha value is -0.860. The summed E-state index contributed by atoms with van der Waals surface area (Å²) in [6.45, 7) is 5.48. The summed E-state index contributed by atoms with van der Waals surface area (Å²) in [5.41, 5.74) is 0. The minimum absolute atomic E-state index is 0.117. The predicted molar refractivity (Wildman–Crippen MR) is 45.7 cm³/mol.